The SMILES string of the molecule is COc1ccc2c(-c3nc4c5c(nc(OC[C@@]67CCCN6C[C@H](F)C7)nc5c3F)N3CC5CCC(N5)C3CO4)cccc2c1. The molecule has 9 rings (SSSR count). The van der Waals surface area contributed by atoms with Crippen molar-refractivity contribution in [2.45, 2.75) is 61.9 Å². The molecule has 11 heteroatoms. The number of anilines is 1. The van der Waals surface area contributed by atoms with Crippen LogP contribution in [0.4, 0.5) is 14.6 Å². The Hall–Kier alpha value is -3.83. The van der Waals surface area contributed by atoms with Gasteiger partial charge in [0.1, 0.15) is 47.5 Å². The predicted molar refractivity (Wildman–Crippen MR) is 162 cm³/mol. The number of halogens is 2. The minimum Gasteiger partial charge on any atom is -0.497 e. The molecule has 228 valence electrons. The number of methoxy groups -OCH3 is 1. The number of nitrogens with zero attached hydrogens (tertiary/aromatic N) is 5. The second kappa shape index (κ2) is 9.84. The fourth-order valence-electron chi connectivity index (χ4n) is 8.40. The molecule has 2 bridgehead atoms. The summed E-state index contributed by atoms with van der Waals surface area (Å²) in [6.07, 6.45) is 3.55. The number of nitrogens with one attached hydrogen (secondary N) is 1. The van der Waals surface area contributed by atoms with Gasteiger partial charge in [0.05, 0.1) is 18.7 Å². The summed E-state index contributed by atoms with van der Waals surface area (Å²) in [4.78, 5) is 18.9. The smallest absolute Gasteiger partial charge is 0.319 e. The molecule has 0 spiro atoms. The third kappa shape index (κ3) is 3.98. The van der Waals surface area contributed by atoms with Gasteiger partial charge in [0.15, 0.2) is 5.82 Å². The summed E-state index contributed by atoms with van der Waals surface area (Å²) in [5.74, 6) is 1.09. The highest BCUT2D eigenvalue weighted by Gasteiger charge is 2.50. The van der Waals surface area contributed by atoms with E-state index < -0.39 is 12.0 Å². The lowest BCUT2D eigenvalue weighted by molar-refractivity contribution is 0.107. The van der Waals surface area contributed by atoms with Crippen LogP contribution in [0.15, 0.2) is 36.4 Å². The van der Waals surface area contributed by atoms with Crippen LogP contribution >= 0.6 is 0 Å². The summed E-state index contributed by atoms with van der Waals surface area (Å²) < 4.78 is 49.5. The number of hydrogen-bond acceptors (Lipinski definition) is 9. The van der Waals surface area contributed by atoms with E-state index in [1.54, 1.807) is 7.11 Å². The Morgan fingerprint density at radius 2 is 2.07 bits per heavy atom. The van der Waals surface area contributed by atoms with E-state index in [-0.39, 0.29) is 41.5 Å². The van der Waals surface area contributed by atoms with Gasteiger partial charge in [-0.05, 0) is 55.1 Å². The number of benzene rings is 2. The van der Waals surface area contributed by atoms with Crippen molar-refractivity contribution >= 4 is 27.5 Å². The number of piperazine rings is 1. The maximum absolute atomic E-state index is 16.9. The summed E-state index contributed by atoms with van der Waals surface area (Å²) in [5.41, 5.74) is 0.547. The highest BCUT2D eigenvalue weighted by atomic mass is 19.1. The van der Waals surface area contributed by atoms with Crippen molar-refractivity contribution in [3.8, 4) is 28.9 Å². The summed E-state index contributed by atoms with van der Waals surface area (Å²) in [6.45, 7) is 2.68. The Morgan fingerprint density at radius 1 is 1.14 bits per heavy atom. The lowest BCUT2D eigenvalue weighted by Gasteiger charge is -2.40. The monoisotopic (exact) mass is 600 g/mol. The molecule has 0 saturated carbocycles. The number of hydrogen-bond donors (Lipinski definition) is 1. The van der Waals surface area contributed by atoms with Gasteiger partial charge in [-0.1, -0.05) is 24.3 Å². The minimum atomic E-state index is -0.871. The molecule has 0 aliphatic carbocycles. The standard InChI is InChI=1S/C33H34F2N6O3/c1-42-21-7-8-22-18(12-21)4-2-5-23(22)28-27(35)29-26-30(41-15-20-6-9-24(36-20)25(41)16-43-31(26)37-28)39-32(38-29)44-17-33-10-3-11-40(33)14-19(34)13-33/h2,4-5,7-8,12,19-20,24-25,36H,3,6,9-11,13-17H2,1H3/t19-,20?,24?,25?,33+/m1/s1. The molecule has 5 aliphatic heterocycles. The number of ether oxygens (including phenoxy) is 3. The van der Waals surface area contributed by atoms with E-state index in [0.717, 1.165) is 55.3 Å². The van der Waals surface area contributed by atoms with Crippen LogP contribution in [0, 0.1) is 5.82 Å². The van der Waals surface area contributed by atoms with E-state index in [0.29, 0.717) is 48.3 Å². The summed E-state index contributed by atoms with van der Waals surface area (Å²) in [7, 11) is 1.62. The molecule has 5 atom stereocenters. The van der Waals surface area contributed by atoms with E-state index >= 15 is 4.39 Å². The van der Waals surface area contributed by atoms with Crippen LogP contribution < -0.4 is 24.4 Å². The van der Waals surface area contributed by atoms with Gasteiger partial charge < -0.3 is 24.4 Å². The Kier molecular flexibility index (Phi) is 5.94. The minimum absolute atomic E-state index is 0.0106. The zero-order valence-electron chi connectivity index (χ0n) is 24.6. The second-order valence-corrected chi connectivity index (χ2v) is 13.0. The normalized spacial score (nSPS) is 29.0. The van der Waals surface area contributed by atoms with Crippen LogP contribution in [0.1, 0.15) is 32.1 Å². The van der Waals surface area contributed by atoms with Gasteiger partial charge in [0.2, 0.25) is 5.88 Å². The van der Waals surface area contributed by atoms with Gasteiger partial charge in [-0.3, -0.25) is 4.90 Å². The molecule has 1 N–H and O–H groups in total. The van der Waals surface area contributed by atoms with Gasteiger partial charge >= 0.3 is 6.01 Å². The largest absolute Gasteiger partial charge is 0.497 e. The number of aromatic nitrogens is 3. The molecule has 5 aliphatic rings. The summed E-state index contributed by atoms with van der Waals surface area (Å²) in [6, 6.07) is 12.1. The van der Waals surface area contributed by atoms with Crippen molar-refractivity contribution in [1.82, 2.24) is 25.2 Å². The molecule has 4 fully saturated rings. The highest BCUT2D eigenvalue weighted by molar-refractivity contribution is 6.01. The summed E-state index contributed by atoms with van der Waals surface area (Å²) in [5, 5.41) is 5.93. The van der Waals surface area contributed by atoms with Crippen LogP contribution in [-0.4, -0.2) is 89.6 Å². The van der Waals surface area contributed by atoms with Crippen molar-refractivity contribution in [1.29, 1.82) is 0 Å². The van der Waals surface area contributed by atoms with E-state index in [4.69, 9.17) is 29.2 Å². The molecule has 44 heavy (non-hydrogen) atoms. The molecule has 0 amide bonds. The Labute approximate surface area is 253 Å². The molecular formula is C33H34F2N6O3. The lowest BCUT2D eigenvalue weighted by Crippen LogP contribution is -2.60. The number of pyridine rings is 1. The van der Waals surface area contributed by atoms with Crippen LogP contribution in [-0.2, 0) is 0 Å². The topological polar surface area (TPSA) is 84.9 Å². The zero-order valence-corrected chi connectivity index (χ0v) is 24.6. The molecule has 2 aromatic carbocycles. The van der Waals surface area contributed by atoms with Crippen LogP contribution in [0.2, 0.25) is 0 Å². The van der Waals surface area contributed by atoms with Crippen molar-refractivity contribution in [3.05, 3.63) is 42.2 Å². The van der Waals surface area contributed by atoms with E-state index in [9.17, 15) is 4.39 Å². The molecule has 4 saturated heterocycles. The van der Waals surface area contributed by atoms with Gasteiger partial charge in [0, 0.05) is 37.2 Å². The van der Waals surface area contributed by atoms with E-state index in [1.165, 1.54) is 0 Å². The maximum Gasteiger partial charge on any atom is 0.319 e. The van der Waals surface area contributed by atoms with Crippen molar-refractivity contribution < 1.29 is 23.0 Å². The average Bonchev–Trinajstić information content (AvgIpc) is 3.67. The Bertz CT molecular complexity index is 1810. The first-order chi connectivity index (χ1) is 21.5. The summed E-state index contributed by atoms with van der Waals surface area (Å²) >= 11 is 0. The highest BCUT2D eigenvalue weighted by Crippen LogP contribution is 2.45. The van der Waals surface area contributed by atoms with Gasteiger partial charge in [0.25, 0.3) is 0 Å². The van der Waals surface area contributed by atoms with Crippen molar-refractivity contribution in [3.63, 3.8) is 0 Å². The molecule has 7 heterocycles. The molecular weight excluding hydrogens is 566 g/mol. The van der Waals surface area contributed by atoms with E-state index in [1.807, 2.05) is 36.4 Å². The average molecular weight is 601 g/mol. The molecule has 0 radical (unpaired) electrons. The van der Waals surface area contributed by atoms with E-state index in [2.05, 4.69) is 15.1 Å². The quantitative estimate of drug-likeness (QED) is 0.352. The fourth-order valence-corrected chi connectivity index (χ4v) is 8.40. The molecule has 3 unspecified atom stereocenters. The first-order valence-electron chi connectivity index (χ1n) is 15.7. The van der Waals surface area contributed by atoms with Crippen LogP contribution in [0.5, 0.6) is 17.6 Å². The van der Waals surface area contributed by atoms with Gasteiger partial charge in [-0.2, -0.15) is 9.97 Å². The third-order valence-electron chi connectivity index (χ3n) is 10.5. The van der Waals surface area contributed by atoms with Gasteiger partial charge in [-0.25, -0.2) is 13.8 Å². The number of alkyl halides is 1. The van der Waals surface area contributed by atoms with Crippen molar-refractivity contribution in [2.75, 3.05) is 44.9 Å². The fraction of sp³-hybridized carbons (Fsp3) is 0.485. The molecule has 4 aromatic rings. The predicted octanol–water partition coefficient (Wildman–Crippen LogP) is 4.65. The Balaban J connectivity index is 1.21. The van der Waals surface area contributed by atoms with Crippen LogP contribution in [0.25, 0.3) is 32.9 Å². The molecule has 9 nitrogen and oxygen atoms in total. The van der Waals surface area contributed by atoms with Crippen molar-refractivity contribution in [2.24, 2.45) is 0 Å². The number of fused-ring (bicyclic) bond motifs is 7. The third-order valence-corrected chi connectivity index (χ3v) is 10.5. The Morgan fingerprint density at radius 3 is 2.98 bits per heavy atom. The lowest BCUT2D eigenvalue weighted by atomic mass is 9.95. The van der Waals surface area contributed by atoms with Gasteiger partial charge in [-0.15, -0.1) is 0 Å². The first-order valence-corrected chi connectivity index (χ1v) is 15.7. The second-order valence-electron chi connectivity index (χ2n) is 13.0. The number of rotatable bonds is 5. The zero-order chi connectivity index (χ0) is 29.6. The first kappa shape index (κ1) is 26.6. The molecule has 2 aromatic heterocycles. The maximum atomic E-state index is 16.9. The van der Waals surface area contributed by atoms with Crippen LogP contribution in [0.3, 0.4) is 0 Å².